The average molecular weight is 197 g/mol. The summed E-state index contributed by atoms with van der Waals surface area (Å²) >= 11 is 0. The Kier molecular flexibility index (Phi) is 3.13. The van der Waals surface area contributed by atoms with E-state index in [1.165, 1.54) is 44.9 Å². The van der Waals surface area contributed by atoms with Gasteiger partial charge in [0, 0.05) is 6.54 Å². The molecule has 14 heavy (non-hydrogen) atoms. The van der Waals surface area contributed by atoms with E-state index in [-0.39, 0.29) is 5.60 Å². The number of ether oxygens (including phenoxy) is 1. The highest BCUT2D eigenvalue weighted by Gasteiger charge is 2.42. The molecule has 2 nitrogen and oxygen atoms in total. The summed E-state index contributed by atoms with van der Waals surface area (Å²) in [6.45, 7) is 3.01. The van der Waals surface area contributed by atoms with Crippen molar-refractivity contribution in [2.24, 2.45) is 11.7 Å². The smallest absolute Gasteiger partial charge is 0.0705 e. The van der Waals surface area contributed by atoms with Crippen molar-refractivity contribution >= 4 is 0 Å². The van der Waals surface area contributed by atoms with Gasteiger partial charge in [0.05, 0.1) is 11.7 Å². The lowest BCUT2D eigenvalue weighted by Crippen LogP contribution is -2.36. The van der Waals surface area contributed by atoms with Crippen LogP contribution in [0.2, 0.25) is 0 Å². The molecule has 0 aromatic heterocycles. The largest absolute Gasteiger partial charge is 0.370 e. The van der Waals surface area contributed by atoms with Gasteiger partial charge in [0.1, 0.15) is 0 Å². The monoisotopic (exact) mass is 197 g/mol. The van der Waals surface area contributed by atoms with Gasteiger partial charge in [0.15, 0.2) is 0 Å². The molecule has 3 atom stereocenters. The van der Waals surface area contributed by atoms with Gasteiger partial charge >= 0.3 is 0 Å². The minimum atomic E-state index is 0.239. The van der Waals surface area contributed by atoms with Crippen molar-refractivity contribution in [2.45, 2.75) is 63.6 Å². The molecule has 0 bridgehead atoms. The molecule has 0 aromatic rings. The molecule has 1 aliphatic heterocycles. The van der Waals surface area contributed by atoms with Gasteiger partial charge in [0.2, 0.25) is 0 Å². The van der Waals surface area contributed by atoms with Crippen LogP contribution in [0.3, 0.4) is 0 Å². The Morgan fingerprint density at radius 2 is 2.21 bits per heavy atom. The molecule has 2 aliphatic rings. The highest BCUT2D eigenvalue weighted by Crippen LogP contribution is 2.44. The maximum Gasteiger partial charge on any atom is 0.0705 e. The Balaban J connectivity index is 1.95. The molecule has 0 aromatic carbocycles. The first-order valence-electron chi connectivity index (χ1n) is 6.16. The van der Waals surface area contributed by atoms with Crippen LogP contribution in [0.5, 0.6) is 0 Å². The molecule has 1 saturated carbocycles. The molecule has 1 saturated heterocycles. The minimum absolute atomic E-state index is 0.239. The SMILES string of the molecule is CC[C@@H]1CCC[C@@]2(CC[C@H](CN)O2)C1. The Hall–Kier alpha value is -0.0800. The van der Waals surface area contributed by atoms with Crippen LogP contribution >= 0.6 is 0 Å². The van der Waals surface area contributed by atoms with Crippen molar-refractivity contribution in [3.63, 3.8) is 0 Å². The van der Waals surface area contributed by atoms with Crippen molar-refractivity contribution in [2.75, 3.05) is 6.54 Å². The molecule has 1 spiro atoms. The first-order valence-corrected chi connectivity index (χ1v) is 6.16. The Morgan fingerprint density at radius 3 is 2.86 bits per heavy atom. The third-order valence-corrected chi connectivity index (χ3v) is 4.08. The molecule has 1 heterocycles. The van der Waals surface area contributed by atoms with Crippen molar-refractivity contribution in [3.05, 3.63) is 0 Å². The molecule has 0 amide bonds. The normalized spacial score (nSPS) is 43.3. The van der Waals surface area contributed by atoms with Gasteiger partial charge in [0.25, 0.3) is 0 Å². The zero-order valence-electron chi connectivity index (χ0n) is 9.30. The van der Waals surface area contributed by atoms with Crippen LogP contribution in [-0.2, 0) is 4.74 Å². The van der Waals surface area contributed by atoms with E-state index >= 15 is 0 Å². The molecule has 2 heteroatoms. The van der Waals surface area contributed by atoms with Crippen LogP contribution in [0.15, 0.2) is 0 Å². The summed E-state index contributed by atoms with van der Waals surface area (Å²) in [5, 5.41) is 0. The molecule has 0 radical (unpaired) electrons. The second kappa shape index (κ2) is 4.19. The Bertz CT molecular complexity index is 195. The summed E-state index contributed by atoms with van der Waals surface area (Å²) in [7, 11) is 0. The lowest BCUT2D eigenvalue weighted by atomic mass is 9.76. The predicted octanol–water partition coefficient (Wildman–Crippen LogP) is 2.46. The number of hydrogen-bond donors (Lipinski definition) is 1. The highest BCUT2D eigenvalue weighted by atomic mass is 16.5. The van der Waals surface area contributed by atoms with Crippen molar-refractivity contribution in [3.8, 4) is 0 Å². The van der Waals surface area contributed by atoms with Gasteiger partial charge in [-0.25, -0.2) is 0 Å². The van der Waals surface area contributed by atoms with Gasteiger partial charge < -0.3 is 10.5 Å². The number of rotatable bonds is 2. The zero-order valence-corrected chi connectivity index (χ0v) is 9.30. The average Bonchev–Trinajstić information content (AvgIpc) is 2.61. The Labute approximate surface area is 87.2 Å². The second-order valence-electron chi connectivity index (χ2n) is 5.07. The van der Waals surface area contributed by atoms with Gasteiger partial charge in [-0.3, -0.25) is 0 Å². The number of nitrogens with two attached hydrogens (primary N) is 1. The van der Waals surface area contributed by atoms with E-state index in [4.69, 9.17) is 10.5 Å². The third-order valence-electron chi connectivity index (χ3n) is 4.08. The summed E-state index contributed by atoms with van der Waals surface area (Å²) < 4.78 is 6.15. The van der Waals surface area contributed by atoms with E-state index in [1.807, 2.05) is 0 Å². The fourth-order valence-electron chi connectivity index (χ4n) is 3.19. The van der Waals surface area contributed by atoms with Crippen LogP contribution < -0.4 is 5.73 Å². The highest BCUT2D eigenvalue weighted by molar-refractivity contribution is 4.93. The van der Waals surface area contributed by atoms with E-state index in [1.54, 1.807) is 0 Å². The molecule has 82 valence electrons. The van der Waals surface area contributed by atoms with Crippen molar-refractivity contribution in [1.82, 2.24) is 0 Å². The van der Waals surface area contributed by atoms with Gasteiger partial charge in [-0.1, -0.05) is 26.2 Å². The van der Waals surface area contributed by atoms with Gasteiger partial charge in [-0.15, -0.1) is 0 Å². The summed E-state index contributed by atoms with van der Waals surface area (Å²) in [5.41, 5.74) is 5.90. The lowest BCUT2D eigenvalue weighted by molar-refractivity contribution is -0.0729. The van der Waals surface area contributed by atoms with E-state index in [0.29, 0.717) is 12.6 Å². The molecule has 0 unspecified atom stereocenters. The topological polar surface area (TPSA) is 35.2 Å². The van der Waals surface area contributed by atoms with E-state index in [0.717, 1.165) is 5.92 Å². The zero-order chi connectivity index (χ0) is 10.0. The number of hydrogen-bond acceptors (Lipinski definition) is 2. The van der Waals surface area contributed by atoms with Crippen LogP contribution in [0.1, 0.15) is 51.9 Å². The Morgan fingerprint density at radius 1 is 1.36 bits per heavy atom. The fourth-order valence-corrected chi connectivity index (χ4v) is 3.19. The predicted molar refractivity (Wildman–Crippen MR) is 58.1 cm³/mol. The van der Waals surface area contributed by atoms with E-state index in [2.05, 4.69) is 6.92 Å². The van der Waals surface area contributed by atoms with Crippen LogP contribution in [-0.4, -0.2) is 18.2 Å². The minimum Gasteiger partial charge on any atom is -0.370 e. The van der Waals surface area contributed by atoms with Crippen LogP contribution in [0.25, 0.3) is 0 Å². The maximum atomic E-state index is 6.15. The summed E-state index contributed by atoms with van der Waals surface area (Å²) in [5.74, 6) is 0.903. The van der Waals surface area contributed by atoms with Gasteiger partial charge in [-0.05, 0) is 31.6 Å². The molecule has 2 N–H and O–H groups in total. The summed E-state index contributed by atoms with van der Waals surface area (Å²) in [6.07, 6.45) is 9.45. The summed E-state index contributed by atoms with van der Waals surface area (Å²) in [4.78, 5) is 0. The maximum absolute atomic E-state index is 6.15. The first-order chi connectivity index (χ1) is 6.78. The standard InChI is InChI=1S/C12H23NO/c1-2-10-4-3-6-12(8-10)7-5-11(9-13)14-12/h10-11H,2-9,13H2,1H3/t10-,11-,12-/m1/s1. The lowest BCUT2D eigenvalue weighted by Gasteiger charge is -2.37. The first kappa shape index (κ1) is 10.4. The van der Waals surface area contributed by atoms with Crippen molar-refractivity contribution < 1.29 is 4.74 Å². The fraction of sp³-hybridized carbons (Fsp3) is 1.00. The molecular formula is C12H23NO. The molecule has 2 rings (SSSR count). The third kappa shape index (κ3) is 1.96. The molecule has 1 aliphatic carbocycles. The van der Waals surface area contributed by atoms with E-state index < -0.39 is 0 Å². The van der Waals surface area contributed by atoms with Crippen LogP contribution in [0, 0.1) is 5.92 Å². The molecular weight excluding hydrogens is 174 g/mol. The second-order valence-corrected chi connectivity index (χ2v) is 5.07. The van der Waals surface area contributed by atoms with Crippen LogP contribution in [0.4, 0.5) is 0 Å². The quantitative estimate of drug-likeness (QED) is 0.738. The summed E-state index contributed by atoms with van der Waals surface area (Å²) in [6, 6.07) is 0. The van der Waals surface area contributed by atoms with Crippen molar-refractivity contribution in [1.29, 1.82) is 0 Å². The molecule has 2 fully saturated rings. The van der Waals surface area contributed by atoms with E-state index in [9.17, 15) is 0 Å². The van der Waals surface area contributed by atoms with Gasteiger partial charge in [-0.2, -0.15) is 0 Å².